The lowest BCUT2D eigenvalue weighted by atomic mass is 9.97. The molecule has 8 nitrogen and oxygen atoms in total. The normalized spacial score (nSPS) is 20.6. The van der Waals surface area contributed by atoms with E-state index in [4.69, 9.17) is 27.4 Å². The highest BCUT2D eigenvalue weighted by molar-refractivity contribution is 6.35. The van der Waals surface area contributed by atoms with E-state index >= 15 is 0 Å². The van der Waals surface area contributed by atoms with Gasteiger partial charge in [-0.2, -0.15) is 5.10 Å². The molecule has 2 fully saturated rings. The van der Waals surface area contributed by atoms with Gasteiger partial charge in [0, 0.05) is 55.1 Å². The van der Waals surface area contributed by atoms with Crippen molar-refractivity contribution in [2.75, 3.05) is 24.5 Å². The van der Waals surface area contributed by atoms with Crippen molar-refractivity contribution in [1.82, 2.24) is 24.5 Å². The van der Waals surface area contributed by atoms with Crippen molar-refractivity contribution in [2.24, 2.45) is 5.73 Å². The second kappa shape index (κ2) is 9.01. The maximum Gasteiger partial charge on any atom is 0.258 e. The summed E-state index contributed by atoms with van der Waals surface area (Å²) in [5, 5.41) is 6.21. The van der Waals surface area contributed by atoms with E-state index in [0.29, 0.717) is 22.6 Å². The lowest BCUT2D eigenvalue weighted by Gasteiger charge is -2.35. The largest absolute Gasteiger partial charge is 0.355 e. The third kappa shape index (κ3) is 3.98. The van der Waals surface area contributed by atoms with Crippen molar-refractivity contribution in [3.8, 4) is 0 Å². The number of pyridine rings is 1. The van der Waals surface area contributed by atoms with Crippen LogP contribution in [0.15, 0.2) is 36.7 Å². The summed E-state index contributed by atoms with van der Waals surface area (Å²) >= 11 is 6.59. The molecule has 5 heterocycles. The molecule has 1 aromatic carbocycles. The monoisotopic (exact) mass is 503 g/mol. The van der Waals surface area contributed by atoms with E-state index in [1.165, 1.54) is 0 Å². The molecule has 186 valence electrons. The lowest BCUT2D eigenvalue weighted by Crippen LogP contribution is -2.39. The quantitative estimate of drug-likeness (QED) is 0.444. The molecule has 0 unspecified atom stereocenters. The second-order valence-corrected chi connectivity index (χ2v) is 10.5. The Kier molecular flexibility index (Phi) is 5.80. The standard InChI is InChI=1S/C27H30ClN7O/c1-16-11-18-6-7-20(28)24(25(18)30-13-16)27(36)34-9-4-3-5-22(34)21-12-23-31-26(17(2)14-35(23)32-21)33-10-8-19(29)15-33/h6-7,11-14,19,22H,3-5,8-10,15,29H2,1-2H3/t19-,22-/m0/s1. The minimum Gasteiger partial charge on any atom is -0.355 e. The highest BCUT2D eigenvalue weighted by Gasteiger charge is 2.33. The summed E-state index contributed by atoms with van der Waals surface area (Å²) in [6, 6.07) is 7.80. The van der Waals surface area contributed by atoms with Crippen LogP contribution >= 0.6 is 11.6 Å². The zero-order valence-electron chi connectivity index (χ0n) is 20.6. The van der Waals surface area contributed by atoms with Crippen LogP contribution in [0, 0.1) is 13.8 Å². The fourth-order valence-corrected chi connectivity index (χ4v) is 5.83. The predicted molar refractivity (Wildman–Crippen MR) is 142 cm³/mol. The Hall–Kier alpha value is -3.23. The van der Waals surface area contributed by atoms with Crippen LogP contribution in [0.25, 0.3) is 16.6 Å². The number of carbonyl (C=O) groups excluding carboxylic acids is 1. The molecule has 4 aromatic rings. The van der Waals surface area contributed by atoms with Gasteiger partial charge in [0.1, 0.15) is 5.82 Å². The first-order valence-corrected chi connectivity index (χ1v) is 13.0. The molecule has 6 rings (SSSR count). The molecule has 3 aromatic heterocycles. The van der Waals surface area contributed by atoms with Crippen LogP contribution in [0.4, 0.5) is 5.82 Å². The lowest BCUT2D eigenvalue weighted by molar-refractivity contribution is 0.0607. The van der Waals surface area contributed by atoms with E-state index in [-0.39, 0.29) is 18.0 Å². The zero-order valence-corrected chi connectivity index (χ0v) is 21.4. The molecular weight excluding hydrogens is 474 g/mol. The number of likely N-dealkylation sites (tertiary alicyclic amines) is 1. The van der Waals surface area contributed by atoms with Gasteiger partial charge in [-0.05, 0) is 57.2 Å². The number of nitrogens with zero attached hydrogens (tertiary/aromatic N) is 6. The number of hydrogen-bond donors (Lipinski definition) is 1. The fourth-order valence-electron chi connectivity index (χ4n) is 5.60. The maximum atomic E-state index is 14.0. The van der Waals surface area contributed by atoms with E-state index in [1.54, 1.807) is 12.3 Å². The van der Waals surface area contributed by atoms with Crippen LogP contribution in [0.2, 0.25) is 5.02 Å². The molecule has 2 atom stereocenters. The number of aromatic nitrogens is 4. The Morgan fingerprint density at radius 1 is 1.14 bits per heavy atom. The number of fused-ring (bicyclic) bond motifs is 2. The van der Waals surface area contributed by atoms with Gasteiger partial charge in [-0.15, -0.1) is 0 Å². The number of hydrogen-bond acceptors (Lipinski definition) is 6. The van der Waals surface area contributed by atoms with Crippen molar-refractivity contribution in [2.45, 2.75) is 51.6 Å². The van der Waals surface area contributed by atoms with Gasteiger partial charge in [-0.25, -0.2) is 9.50 Å². The molecule has 9 heteroatoms. The zero-order chi connectivity index (χ0) is 25.0. The molecule has 36 heavy (non-hydrogen) atoms. The number of amides is 1. The van der Waals surface area contributed by atoms with Crippen molar-refractivity contribution in [3.63, 3.8) is 0 Å². The van der Waals surface area contributed by atoms with E-state index in [1.807, 2.05) is 40.7 Å². The molecule has 0 aliphatic carbocycles. The van der Waals surface area contributed by atoms with Gasteiger partial charge in [0.05, 0.1) is 27.8 Å². The number of carbonyl (C=O) groups is 1. The molecule has 2 aliphatic rings. The number of aryl methyl sites for hydroxylation is 2. The smallest absolute Gasteiger partial charge is 0.258 e. The third-order valence-electron chi connectivity index (χ3n) is 7.41. The molecule has 0 spiro atoms. The Labute approximate surface area is 215 Å². The van der Waals surface area contributed by atoms with Gasteiger partial charge in [-0.3, -0.25) is 9.78 Å². The van der Waals surface area contributed by atoms with Crippen molar-refractivity contribution in [3.05, 3.63) is 64.1 Å². The topological polar surface area (TPSA) is 92.7 Å². The van der Waals surface area contributed by atoms with Crippen molar-refractivity contribution < 1.29 is 4.79 Å². The first kappa shape index (κ1) is 23.2. The van der Waals surface area contributed by atoms with Crippen molar-refractivity contribution in [1.29, 1.82) is 0 Å². The molecule has 0 bridgehead atoms. The average molecular weight is 504 g/mol. The first-order valence-electron chi connectivity index (χ1n) is 12.6. The predicted octanol–water partition coefficient (Wildman–Crippen LogP) is 4.45. The first-order chi connectivity index (χ1) is 17.4. The molecule has 2 saturated heterocycles. The summed E-state index contributed by atoms with van der Waals surface area (Å²) in [6.07, 6.45) is 7.60. The maximum absolute atomic E-state index is 14.0. The van der Waals surface area contributed by atoms with Crippen molar-refractivity contribution >= 4 is 39.9 Å². The highest BCUT2D eigenvalue weighted by Crippen LogP contribution is 2.35. The second-order valence-electron chi connectivity index (χ2n) is 10.1. The van der Waals surface area contributed by atoms with Crippen LogP contribution in [-0.2, 0) is 0 Å². The number of rotatable bonds is 3. The Balaban J connectivity index is 1.37. The molecule has 2 N–H and O–H groups in total. The summed E-state index contributed by atoms with van der Waals surface area (Å²) in [6.45, 7) is 6.43. The van der Waals surface area contributed by atoms with Crippen LogP contribution in [0.5, 0.6) is 0 Å². The van der Waals surface area contributed by atoms with Gasteiger partial charge in [0.2, 0.25) is 0 Å². The van der Waals surface area contributed by atoms with Crippen LogP contribution < -0.4 is 10.6 Å². The molecule has 0 radical (unpaired) electrons. The van der Waals surface area contributed by atoms with E-state index in [2.05, 4.69) is 16.8 Å². The number of anilines is 1. The fraction of sp³-hybridized carbons (Fsp3) is 0.407. The van der Waals surface area contributed by atoms with Gasteiger partial charge < -0.3 is 15.5 Å². The van der Waals surface area contributed by atoms with Gasteiger partial charge in [0.25, 0.3) is 5.91 Å². The minimum absolute atomic E-state index is 0.0976. The summed E-state index contributed by atoms with van der Waals surface area (Å²) in [4.78, 5) is 27.6. The Morgan fingerprint density at radius 2 is 2.00 bits per heavy atom. The average Bonchev–Trinajstić information content (AvgIpc) is 3.48. The number of halogens is 1. The molecule has 2 aliphatic heterocycles. The van der Waals surface area contributed by atoms with Gasteiger partial charge in [0.15, 0.2) is 5.65 Å². The van der Waals surface area contributed by atoms with Gasteiger partial charge >= 0.3 is 0 Å². The van der Waals surface area contributed by atoms with E-state index < -0.39 is 0 Å². The summed E-state index contributed by atoms with van der Waals surface area (Å²) < 4.78 is 1.83. The van der Waals surface area contributed by atoms with Gasteiger partial charge in [-0.1, -0.05) is 17.7 Å². The highest BCUT2D eigenvalue weighted by atomic mass is 35.5. The molecular formula is C27H30ClN7O. The Morgan fingerprint density at radius 3 is 2.81 bits per heavy atom. The summed E-state index contributed by atoms with van der Waals surface area (Å²) in [5.74, 6) is 0.863. The van der Waals surface area contributed by atoms with Crippen LogP contribution in [0.3, 0.4) is 0 Å². The van der Waals surface area contributed by atoms with Crippen LogP contribution in [0.1, 0.15) is 58.9 Å². The number of piperidine rings is 1. The molecule has 1 amide bonds. The summed E-state index contributed by atoms with van der Waals surface area (Å²) in [5.41, 5.74) is 11.0. The van der Waals surface area contributed by atoms with E-state index in [9.17, 15) is 4.79 Å². The number of nitrogens with two attached hydrogens (primary N) is 1. The van der Waals surface area contributed by atoms with E-state index in [0.717, 1.165) is 72.4 Å². The summed E-state index contributed by atoms with van der Waals surface area (Å²) in [7, 11) is 0. The Bertz CT molecular complexity index is 1480. The SMILES string of the molecule is Cc1cnc2c(C(=O)N3CCCC[C@H]3c3cc4nc(N5CC[C@H](N)C5)c(C)cn4n3)c(Cl)ccc2c1. The molecule has 0 saturated carbocycles. The third-order valence-corrected chi connectivity index (χ3v) is 7.72. The van der Waals surface area contributed by atoms with Crippen LogP contribution in [-0.4, -0.2) is 56.1 Å². The minimum atomic E-state index is -0.145. The number of benzene rings is 1.